The van der Waals surface area contributed by atoms with Crippen molar-refractivity contribution in [3.05, 3.63) is 70.4 Å². The van der Waals surface area contributed by atoms with Gasteiger partial charge in [-0.3, -0.25) is 9.36 Å². The van der Waals surface area contributed by atoms with Crippen molar-refractivity contribution in [2.75, 3.05) is 0 Å². The van der Waals surface area contributed by atoms with Crippen molar-refractivity contribution in [2.45, 2.75) is 90.5 Å². The van der Waals surface area contributed by atoms with Gasteiger partial charge in [0, 0.05) is 18.4 Å². The molecule has 210 valence electrons. The summed E-state index contributed by atoms with van der Waals surface area (Å²) in [5.41, 5.74) is 3.57. The fourth-order valence-corrected chi connectivity index (χ4v) is 5.73. The molecule has 0 saturated heterocycles. The normalized spacial score (nSPS) is 14.0. The fraction of sp³-hybridized carbons (Fsp3) is 0.484. The fourth-order valence-electron chi connectivity index (χ4n) is 5.73. The molecule has 5 rings (SSSR count). The number of nitrogens with zero attached hydrogens (tertiary/aromatic N) is 6. The number of aryl methyl sites for hydroxylation is 1. The number of benzene rings is 2. The molecule has 1 saturated carbocycles. The summed E-state index contributed by atoms with van der Waals surface area (Å²) < 4.78 is 2.84. The zero-order chi connectivity index (χ0) is 27.7. The maximum Gasteiger partial charge on any atom is 0.353 e. The molecule has 1 fully saturated rings. The summed E-state index contributed by atoms with van der Waals surface area (Å²) in [5.74, 6) is 1.43. The van der Waals surface area contributed by atoms with Crippen LogP contribution in [0.25, 0.3) is 22.5 Å². The molecular weight excluding hydrogens is 502 g/mol. The molecule has 9 nitrogen and oxygen atoms in total. The van der Waals surface area contributed by atoms with E-state index in [1.54, 1.807) is 4.57 Å². The first kappa shape index (κ1) is 27.7. The molecule has 4 aromatic rings. The quantitative estimate of drug-likeness (QED) is 0.218. The minimum atomic E-state index is -0.323. The maximum absolute atomic E-state index is 13.5. The first-order chi connectivity index (χ1) is 19.6. The van der Waals surface area contributed by atoms with Crippen molar-refractivity contribution in [2.24, 2.45) is 5.92 Å². The lowest BCUT2D eigenvalue weighted by atomic mass is 9.87. The van der Waals surface area contributed by atoms with Crippen LogP contribution in [0.2, 0.25) is 0 Å². The van der Waals surface area contributed by atoms with E-state index in [0.717, 1.165) is 52.6 Å². The highest BCUT2D eigenvalue weighted by atomic mass is 16.2. The molecule has 2 aromatic heterocycles. The van der Waals surface area contributed by atoms with Gasteiger partial charge in [-0.1, -0.05) is 100 Å². The van der Waals surface area contributed by atoms with Crippen LogP contribution >= 0.6 is 0 Å². The molecule has 0 amide bonds. The average molecular weight is 542 g/mol. The van der Waals surface area contributed by atoms with Crippen molar-refractivity contribution in [3.8, 4) is 22.5 Å². The summed E-state index contributed by atoms with van der Waals surface area (Å²) in [5, 5.41) is 19.1. The Bertz CT molecular complexity index is 1430. The SMILES string of the molecule is CCCCCCCc1nn(C(=O)CC2CCCCC2)c(=O)n1Cc1ccc(-c2ccccc2-c2nn[nH]n2)cc1. The molecule has 0 aliphatic heterocycles. The molecule has 1 N–H and O–H groups in total. The van der Waals surface area contributed by atoms with E-state index in [1.807, 2.05) is 48.5 Å². The van der Waals surface area contributed by atoms with Crippen LogP contribution in [0.5, 0.6) is 0 Å². The summed E-state index contributed by atoms with van der Waals surface area (Å²) in [4.78, 5) is 26.7. The maximum atomic E-state index is 13.5. The molecule has 0 atom stereocenters. The lowest BCUT2D eigenvalue weighted by Gasteiger charge is -2.20. The summed E-state index contributed by atoms with van der Waals surface area (Å²) in [7, 11) is 0. The van der Waals surface area contributed by atoms with Crippen LogP contribution in [-0.4, -0.2) is 40.9 Å². The van der Waals surface area contributed by atoms with Gasteiger partial charge in [0.15, 0.2) is 0 Å². The van der Waals surface area contributed by atoms with E-state index < -0.39 is 0 Å². The molecule has 1 aliphatic rings. The number of unbranched alkanes of at least 4 members (excludes halogenated alkanes) is 4. The number of carbonyl (C=O) groups is 1. The number of H-pyrrole nitrogens is 1. The predicted octanol–water partition coefficient (Wildman–Crippen LogP) is 6.06. The van der Waals surface area contributed by atoms with E-state index in [2.05, 4.69) is 32.6 Å². The van der Waals surface area contributed by atoms with E-state index in [9.17, 15) is 9.59 Å². The number of carbonyl (C=O) groups excluding carboxylic acids is 1. The minimum Gasteiger partial charge on any atom is -0.274 e. The largest absolute Gasteiger partial charge is 0.353 e. The Hall–Kier alpha value is -3.88. The summed E-state index contributed by atoms with van der Waals surface area (Å²) in [6.07, 6.45) is 12.4. The van der Waals surface area contributed by atoms with Crippen molar-refractivity contribution < 1.29 is 4.79 Å². The Balaban J connectivity index is 1.36. The number of nitrogens with one attached hydrogen (secondary N) is 1. The zero-order valence-electron chi connectivity index (χ0n) is 23.4. The molecule has 0 spiro atoms. The third-order valence-corrected chi connectivity index (χ3v) is 7.99. The molecule has 40 heavy (non-hydrogen) atoms. The van der Waals surface area contributed by atoms with Gasteiger partial charge in [-0.2, -0.15) is 5.21 Å². The molecular formula is C31H39N7O2. The summed E-state index contributed by atoms with van der Waals surface area (Å²) >= 11 is 0. The van der Waals surface area contributed by atoms with E-state index in [1.165, 1.54) is 38.5 Å². The summed E-state index contributed by atoms with van der Waals surface area (Å²) in [6.45, 7) is 2.58. The monoisotopic (exact) mass is 541 g/mol. The van der Waals surface area contributed by atoms with Gasteiger partial charge in [-0.25, -0.2) is 4.79 Å². The second-order valence-electron chi connectivity index (χ2n) is 10.9. The van der Waals surface area contributed by atoms with Gasteiger partial charge in [0.25, 0.3) is 5.91 Å². The standard InChI is InChI=1S/C31H39N7O2/c1-2-3-4-5-9-16-28-34-38(29(39)21-23-12-7-6-8-13-23)31(40)37(28)22-24-17-19-25(20-18-24)26-14-10-11-15-27(26)30-32-35-36-33-30/h10-11,14-15,17-20,23H,2-9,12-13,16,21-22H2,1H3,(H,32,33,35,36). The van der Waals surface area contributed by atoms with Gasteiger partial charge in [-0.15, -0.1) is 20.0 Å². The number of tetrazole rings is 1. The lowest BCUT2D eigenvalue weighted by Crippen LogP contribution is -2.31. The van der Waals surface area contributed by atoms with Gasteiger partial charge in [0.05, 0.1) is 6.54 Å². The van der Waals surface area contributed by atoms with Crippen LogP contribution in [0, 0.1) is 5.92 Å². The molecule has 0 bridgehead atoms. The summed E-state index contributed by atoms with van der Waals surface area (Å²) in [6, 6.07) is 16.1. The van der Waals surface area contributed by atoms with E-state index in [0.29, 0.717) is 37.0 Å². The third-order valence-electron chi connectivity index (χ3n) is 7.99. The van der Waals surface area contributed by atoms with Crippen molar-refractivity contribution in [1.82, 2.24) is 35.0 Å². The van der Waals surface area contributed by atoms with Crippen LogP contribution in [0.1, 0.15) is 93.7 Å². The Morgan fingerprint density at radius 3 is 2.42 bits per heavy atom. The molecule has 1 aliphatic carbocycles. The van der Waals surface area contributed by atoms with Gasteiger partial charge in [-0.05, 0) is 47.1 Å². The number of rotatable bonds is 12. The first-order valence-electron chi connectivity index (χ1n) is 14.8. The van der Waals surface area contributed by atoms with Gasteiger partial charge >= 0.3 is 5.69 Å². The Morgan fingerprint density at radius 2 is 1.70 bits per heavy atom. The van der Waals surface area contributed by atoms with Crippen LogP contribution in [-0.2, 0) is 13.0 Å². The molecule has 0 radical (unpaired) electrons. The highest BCUT2D eigenvalue weighted by molar-refractivity contribution is 5.80. The number of aromatic amines is 1. The first-order valence-corrected chi connectivity index (χ1v) is 14.8. The smallest absolute Gasteiger partial charge is 0.274 e. The molecule has 2 heterocycles. The van der Waals surface area contributed by atoms with Crippen LogP contribution in [0.4, 0.5) is 0 Å². The second kappa shape index (κ2) is 13.5. The predicted molar refractivity (Wildman–Crippen MR) is 155 cm³/mol. The van der Waals surface area contributed by atoms with E-state index in [4.69, 9.17) is 0 Å². The van der Waals surface area contributed by atoms with Crippen LogP contribution in [0.15, 0.2) is 53.3 Å². The Labute approximate surface area is 235 Å². The van der Waals surface area contributed by atoms with Crippen LogP contribution in [0.3, 0.4) is 0 Å². The number of hydrogen-bond donors (Lipinski definition) is 1. The molecule has 9 heteroatoms. The Morgan fingerprint density at radius 1 is 0.950 bits per heavy atom. The zero-order valence-corrected chi connectivity index (χ0v) is 23.4. The third kappa shape index (κ3) is 6.63. The lowest BCUT2D eigenvalue weighted by molar-refractivity contribution is 0.0846. The molecule has 2 aromatic carbocycles. The molecule has 0 unspecified atom stereocenters. The highest BCUT2D eigenvalue weighted by Gasteiger charge is 2.23. The number of aromatic nitrogens is 7. The van der Waals surface area contributed by atoms with E-state index >= 15 is 0 Å². The van der Waals surface area contributed by atoms with Crippen molar-refractivity contribution in [3.63, 3.8) is 0 Å². The van der Waals surface area contributed by atoms with Crippen molar-refractivity contribution in [1.29, 1.82) is 0 Å². The van der Waals surface area contributed by atoms with Gasteiger partial charge < -0.3 is 0 Å². The van der Waals surface area contributed by atoms with Crippen molar-refractivity contribution >= 4 is 5.91 Å². The van der Waals surface area contributed by atoms with Gasteiger partial charge in [0.1, 0.15) is 5.82 Å². The Kier molecular flexibility index (Phi) is 9.31. The number of hydrogen-bond acceptors (Lipinski definition) is 6. The van der Waals surface area contributed by atoms with Crippen LogP contribution < -0.4 is 5.69 Å². The average Bonchev–Trinajstić information content (AvgIpc) is 3.63. The van der Waals surface area contributed by atoms with E-state index in [-0.39, 0.29) is 11.6 Å². The van der Waals surface area contributed by atoms with Gasteiger partial charge in [0.2, 0.25) is 5.82 Å². The topological polar surface area (TPSA) is 111 Å². The minimum absolute atomic E-state index is 0.170. The second-order valence-corrected chi connectivity index (χ2v) is 10.9. The highest BCUT2D eigenvalue weighted by Crippen LogP contribution is 2.30.